The van der Waals surface area contributed by atoms with E-state index in [4.69, 9.17) is 0 Å². The van der Waals surface area contributed by atoms with E-state index in [0.29, 0.717) is 0 Å². The third-order valence-electron chi connectivity index (χ3n) is 4.14. The standard InChI is InChI=1S/C17H26N2O/c1-13-7-8-14(2)16(11-13)12-18-15(3)17(20)19-9-5-4-6-10-19/h7-8,11,15,18H,4-6,9-10,12H2,1-3H3. The second-order valence-electron chi connectivity index (χ2n) is 5.92. The van der Waals surface area contributed by atoms with Gasteiger partial charge >= 0.3 is 0 Å². The van der Waals surface area contributed by atoms with E-state index in [2.05, 4.69) is 37.4 Å². The minimum absolute atomic E-state index is 0.104. The van der Waals surface area contributed by atoms with Crippen LogP contribution in [0.5, 0.6) is 0 Å². The van der Waals surface area contributed by atoms with Crippen LogP contribution in [0.4, 0.5) is 0 Å². The maximum Gasteiger partial charge on any atom is 0.239 e. The fraction of sp³-hybridized carbons (Fsp3) is 0.588. The molecule has 1 fully saturated rings. The lowest BCUT2D eigenvalue weighted by Crippen LogP contribution is -2.46. The summed E-state index contributed by atoms with van der Waals surface area (Å²) in [5.41, 5.74) is 3.83. The van der Waals surface area contributed by atoms with Crippen LogP contribution in [0.1, 0.15) is 42.9 Å². The van der Waals surface area contributed by atoms with Gasteiger partial charge in [-0.05, 0) is 51.2 Å². The van der Waals surface area contributed by atoms with Gasteiger partial charge in [-0.3, -0.25) is 4.79 Å². The smallest absolute Gasteiger partial charge is 0.239 e. The number of rotatable bonds is 4. The van der Waals surface area contributed by atoms with Crippen LogP contribution in [0.15, 0.2) is 18.2 Å². The Labute approximate surface area is 122 Å². The highest BCUT2D eigenvalue weighted by Gasteiger charge is 2.21. The summed E-state index contributed by atoms with van der Waals surface area (Å²) in [5.74, 6) is 0.245. The zero-order valence-electron chi connectivity index (χ0n) is 12.9. The van der Waals surface area contributed by atoms with Crippen molar-refractivity contribution in [2.75, 3.05) is 13.1 Å². The molecule has 0 aliphatic carbocycles. The molecule has 1 aromatic carbocycles. The normalized spacial score (nSPS) is 17.1. The molecule has 0 aromatic heterocycles. The molecule has 0 spiro atoms. The van der Waals surface area contributed by atoms with Crippen LogP contribution in [-0.4, -0.2) is 29.9 Å². The molecule has 0 saturated carbocycles. The zero-order valence-corrected chi connectivity index (χ0v) is 12.9. The molecule has 1 aromatic rings. The zero-order chi connectivity index (χ0) is 14.5. The van der Waals surface area contributed by atoms with Gasteiger partial charge in [0.15, 0.2) is 0 Å². The molecule has 2 rings (SSSR count). The molecule has 110 valence electrons. The number of amides is 1. The fourth-order valence-corrected chi connectivity index (χ4v) is 2.73. The summed E-state index contributed by atoms with van der Waals surface area (Å²) in [5, 5.41) is 3.37. The molecule has 0 radical (unpaired) electrons. The van der Waals surface area contributed by atoms with Crippen LogP contribution >= 0.6 is 0 Å². The Morgan fingerprint density at radius 2 is 1.95 bits per heavy atom. The number of benzene rings is 1. The summed E-state index contributed by atoms with van der Waals surface area (Å²) in [6.07, 6.45) is 3.55. The number of carbonyl (C=O) groups is 1. The molecule has 1 aliphatic heterocycles. The van der Waals surface area contributed by atoms with Crippen molar-refractivity contribution in [3.63, 3.8) is 0 Å². The second-order valence-corrected chi connectivity index (χ2v) is 5.92. The van der Waals surface area contributed by atoms with Gasteiger partial charge in [-0.2, -0.15) is 0 Å². The van der Waals surface area contributed by atoms with E-state index in [0.717, 1.165) is 32.5 Å². The van der Waals surface area contributed by atoms with Crippen LogP contribution in [0.2, 0.25) is 0 Å². The average Bonchev–Trinajstić information content (AvgIpc) is 2.48. The van der Waals surface area contributed by atoms with E-state index in [1.165, 1.54) is 23.1 Å². The summed E-state index contributed by atoms with van der Waals surface area (Å²) in [6.45, 7) is 8.80. The first-order valence-corrected chi connectivity index (χ1v) is 7.66. The molecule has 20 heavy (non-hydrogen) atoms. The number of aryl methyl sites for hydroxylation is 2. The number of nitrogens with one attached hydrogen (secondary N) is 1. The number of nitrogens with zero attached hydrogens (tertiary/aromatic N) is 1. The topological polar surface area (TPSA) is 32.3 Å². The Bertz CT molecular complexity index is 464. The highest BCUT2D eigenvalue weighted by Crippen LogP contribution is 2.12. The Balaban J connectivity index is 1.89. The van der Waals surface area contributed by atoms with E-state index in [1.807, 2.05) is 11.8 Å². The molecule has 0 bridgehead atoms. The molecule has 1 saturated heterocycles. The summed E-state index contributed by atoms with van der Waals surface area (Å²) in [7, 11) is 0. The average molecular weight is 274 g/mol. The molecule has 1 N–H and O–H groups in total. The predicted molar refractivity (Wildman–Crippen MR) is 82.6 cm³/mol. The largest absolute Gasteiger partial charge is 0.341 e. The molecule has 1 atom stereocenters. The van der Waals surface area contributed by atoms with Gasteiger partial charge in [0.05, 0.1) is 6.04 Å². The lowest BCUT2D eigenvalue weighted by atomic mass is 10.1. The van der Waals surface area contributed by atoms with E-state index >= 15 is 0 Å². The van der Waals surface area contributed by atoms with Crippen LogP contribution in [0.3, 0.4) is 0 Å². The first-order valence-electron chi connectivity index (χ1n) is 7.66. The number of hydrogen-bond acceptors (Lipinski definition) is 2. The highest BCUT2D eigenvalue weighted by molar-refractivity contribution is 5.81. The van der Waals surface area contributed by atoms with Gasteiger partial charge in [0, 0.05) is 19.6 Å². The first-order chi connectivity index (χ1) is 9.58. The quantitative estimate of drug-likeness (QED) is 0.915. The lowest BCUT2D eigenvalue weighted by molar-refractivity contribution is -0.133. The minimum atomic E-state index is -0.104. The van der Waals surface area contributed by atoms with E-state index < -0.39 is 0 Å². The maximum atomic E-state index is 12.3. The van der Waals surface area contributed by atoms with Crippen LogP contribution in [0, 0.1) is 13.8 Å². The lowest BCUT2D eigenvalue weighted by Gasteiger charge is -2.29. The third-order valence-corrected chi connectivity index (χ3v) is 4.14. The van der Waals surface area contributed by atoms with Crippen molar-refractivity contribution >= 4 is 5.91 Å². The summed E-state index contributed by atoms with van der Waals surface area (Å²) in [4.78, 5) is 14.3. The molecule has 1 amide bonds. The maximum absolute atomic E-state index is 12.3. The fourth-order valence-electron chi connectivity index (χ4n) is 2.73. The molecule has 3 heteroatoms. The number of carbonyl (C=O) groups excluding carboxylic acids is 1. The van der Waals surface area contributed by atoms with Gasteiger partial charge < -0.3 is 10.2 Å². The Hall–Kier alpha value is -1.35. The van der Waals surface area contributed by atoms with E-state index in [-0.39, 0.29) is 11.9 Å². The molecule has 3 nitrogen and oxygen atoms in total. The van der Waals surface area contributed by atoms with E-state index in [1.54, 1.807) is 0 Å². The molecule has 1 unspecified atom stereocenters. The van der Waals surface area contributed by atoms with Crippen molar-refractivity contribution in [2.24, 2.45) is 0 Å². The van der Waals surface area contributed by atoms with Gasteiger partial charge in [-0.1, -0.05) is 23.8 Å². The van der Waals surface area contributed by atoms with Crippen molar-refractivity contribution in [3.8, 4) is 0 Å². The van der Waals surface area contributed by atoms with Gasteiger partial charge in [0.25, 0.3) is 0 Å². The number of likely N-dealkylation sites (tertiary alicyclic amines) is 1. The highest BCUT2D eigenvalue weighted by atomic mass is 16.2. The Kier molecular flexibility index (Phi) is 5.18. The van der Waals surface area contributed by atoms with E-state index in [9.17, 15) is 4.79 Å². The van der Waals surface area contributed by atoms with Crippen LogP contribution in [0.25, 0.3) is 0 Å². The number of piperidine rings is 1. The van der Waals surface area contributed by atoms with Crippen molar-refractivity contribution in [3.05, 3.63) is 34.9 Å². The molecular formula is C17H26N2O. The van der Waals surface area contributed by atoms with Crippen molar-refractivity contribution < 1.29 is 4.79 Å². The van der Waals surface area contributed by atoms with Crippen molar-refractivity contribution in [1.29, 1.82) is 0 Å². The van der Waals surface area contributed by atoms with Crippen LogP contribution in [-0.2, 0) is 11.3 Å². The van der Waals surface area contributed by atoms with Crippen molar-refractivity contribution in [2.45, 2.75) is 52.6 Å². The molecular weight excluding hydrogens is 248 g/mol. The first kappa shape index (κ1) is 15.0. The Morgan fingerprint density at radius 3 is 2.65 bits per heavy atom. The van der Waals surface area contributed by atoms with Gasteiger partial charge in [0.2, 0.25) is 5.91 Å². The predicted octanol–water partition coefficient (Wildman–Crippen LogP) is 2.79. The third kappa shape index (κ3) is 3.83. The van der Waals surface area contributed by atoms with Gasteiger partial charge in [-0.15, -0.1) is 0 Å². The SMILES string of the molecule is Cc1ccc(C)c(CNC(C)C(=O)N2CCCCC2)c1. The second kappa shape index (κ2) is 6.89. The monoisotopic (exact) mass is 274 g/mol. The Morgan fingerprint density at radius 1 is 1.25 bits per heavy atom. The van der Waals surface area contributed by atoms with Gasteiger partial charge in [-0.25, -0.2) is 0 Å². The van der Waals surface area contributed by atoms with Crippen LogP contribution < -0.4 is 5.32 Å². The molecule has 1 heterocycles. The van der Waals surface area contributed by atoms with Crippen molar-refractivity contribution in [1.82, 2.24) is 10.2 Å². The summed E-state index contributed by atoms with van der Waals surface area (Å²) < 4.78 is 0. The minimum Gasteiger partial charge on any atom is -0.341 e. The number of hydrogen-bond donors (Lipinski definition) is 1. The summed E-state index contributed by atoms with van der Waals surface area (Å²) >= 11 is 0. The summed E-state index contributed by atoms with van der Waals surface area (Å²) in [6, 6.07) is 6.36. The molecule has 1 aliphatic rings. The van der Waals surface area contributed by atoms with Gasteiger partial charge in [0.1, 0.15) is 0 Å².